The molecule has 1 unspecified atom stereocenters. The summed E-state index contributed by atoms with van der Waals surface area (Å²) in [6.07, 6.45) is 4.25. The van der Waals surface area contributed by atoms with Crippen LogP contribution in [0.3, 0.4) is 0 Å². The summed E-state index contributed by atoms with van der Waals surface area (Å²) in [5.74, 6) is 0.381. The van der Waals surface area contributed by atoms with Crippen molar-refractivity contribution in [3.05, 3.63) is 34.2 Å². The highest BCUT2D eigenvalue weighted by atomic mass is 16.3. The van der Waals surface area contributed by atoms with Gasteiger partial charge in [-0.3, -0.25) is 4.79 Å². The van der Waals surface area contributed by atoms with Gasteiger partial charge in [-0.15, -0.1) is 0 Å². The minimum Gasteiger partial charge on any atom is -0.391 e. The topological polar surface area (TPSA) is 42.2 Å². The maximum atomic E-state index is 11.6. The molecule has 3 nitrogen and oxygen atoms in total. The summed E-state index contributed by atoms with van der Waals surface area (Å²) in [6.45, 7) is 2.35. The zero-order valence-corrected chi connectivity index (χ0v) is 9.72. The average Bonchev–Trinajstić information content (AvgIpc) is 2.76. The minimum absolute atomic E-state index is 0.0166. The van der Waals surface area contributed by atoms with E-state index < -0.39 is 0 Å². The Morgan fingerprint density at radius 2 is 2.12 bits per heavy atom. The van der Waals surface area contributed by atoms with Crippen molar-refractivity contribution in [1.29, 1.82) is 0 Å². The fourth-order valence-electron chi connectivity index (χ4n) is 2.54. The lowest BCUT2D eigenvalue weighted by Crippen LogP contribution is -2.31. The third-order valence-electron chi connectivity index (χ3n) is 3.58. The monoisotopic (exact) mass is 221 g/mol. The summed E-state index contributed by atoms with van der Waals surface area (Å²) in [5.41, 5.74) is 0.904. The molecule has 1 fully saturated rings. The molecule has 1 atom stereocenters. The number of pyridine rings is 1. The van der Waals surface area contributed by atoms with Crippen molar-refractivity contribution in [2.24, 2.45) is 5.92 Å². The highest BCUT2D eigenvalue weighted by Crippen LogP contribution is 2.28. The van der Waals surface area contributed by atoms with Gasteiger partial charge in [0.1, 0.15) is 0 Å². The number of hydrogen-bond donors (Lipinski definition) is 1. The third-order valence-corrected chi connectivity index (χ3v) is 3.58. The Morgan fingerprint density at radius 1 is 1.44 bits per heavy atom. The van der Waals surface area contributed by atoms with Crippen LogP contribution in [0.4, 0.5) is 0 Å². The van der Waals surface area contributed by atoms with E-state index in [1.807, 2.05) is 13.0 Å². The number of nitrogens with zero attached hydrogens (tertiary/aromatic N) is 1. The number of aromatic nitrogens is 1. The standard InChI is InChI=1S/C13H19NO2/c1-10-5-4-8-13(16)14(10)9-12(15)11-6-2-3-7-11/h4-5,8,11-12,15H,2-3,6-7,9H2,1H3. The van der Waals surface area contributed by atoms with Crippen LogP contribution in [0.2, 0.25) is 0 Å². The van der Waals surface area contributed by atoms with Crippen molar-refractivity contribution in [2.75, 3.05) is 0 Å². The van der Waals surface area contributed by atoms with E-state index in [2.05, 4.69) is 0 Å². The molecule has 16 heavy (non-hydrogen) atoms. The maximum Gasteiger partial charge on any atom is 0.250 e. The van der Waals surface area contributed by atoms with Crippen LogP contribution in [0.5, 0.6) is 0 Å². The van der Waals surface area contributed by atoms with E-state index in [4.69, 9.17) is 0 Å². The molecular weight excluding hydrogens is 202 g/mol. The van der Waals surface area contributed by atoms with Crippen molar-refractivity contribution < 1.29 is 5.11 Å². The Balaban J connectivity index is 2.11. The van der Waals surface area contributed by atoms with Gasteiger partial charge in [0, 0.05) is 11.8 Å². The average molecular weight is 221 g/mol. The first kappa shape index (κ1) is 11.4. The lowest BCUT2D eigenvalue weighted by atomic mass is 10.0. The Morgan fingerprint density at radius 3 is 2.75 bits per heavy atom. The number of rotatable bonds is 3. The Labute approximate surface area is 95.7 Å². The number of aryl methyl sites for hydroxylation is 1. The first-order valence-electron chi connectivity index (χ1n) is 6.03. The lowest BCUT2D eigenvalue weighted by molar-refractivity contribution is 0.0914. The van der Waals surface area contributed by atoms with Crippen molar-refractivity contribution in [3.63, 3.8) is 0 Å². The normalized spacial score (nSPS) is 18.9. The van der Waals surface area contributed by atoms with Crippen molar-refractivity contribution >= 4 is 0 Å². The van der Waals surface area contributed by atoms with Crippen LogP contribution < -0.4 is 5.56 Å². The van der Waals surface area contributed by atoms with Gasteiger partial charge < -0.3 is 9.67 Å². The Hall–Kier alpha value is -1.09. The molecule has 1 aliphatic rings. The van der Waals surface area contributed by atoms with Gasteiger partial charge in [-0.2, -0.15) is 0 Å². The van der Waals surface area contributed by atoms with E-state index in [0.29, 0.717) is 12.5 Å². The molecule has 0 bridgehead atoms. The minimum atomic E-state index is -0.374. The van der Waals surface area contributed by atoms with Gasteiger partial charge in [0.25, 0.3) is 5.56 Å². The first-order chi connectivity index (χ1) is 7.68. The summed E-state index contributed by atoms with van der Waals surface area (Å²) in [7, 11) is 0. The van der Waals surface area contributed by atoms with Crippen LogP contribution in [-0.4, -0.2) is 15.8 Å². The van der Waals surface area contributed by atoms with E-state index in [1.165, 1.54) is 12.8 Å². The molecule has 1 heterocycles. The smallest absolute Gasteiger partial charge is 0.250 e. The van der Waals surface area contributed by atoms with Crippen LogP contribution in [0.15, 0.2) is 23.0 Å². The van der Waals surface area contributed by atoms with Gasteiger partial charge in [0.2, 0.25) is 0 Å². The van der Waals surface area contributed by atoms with E-state index in [-0.39, 0.29) is 11.7 Å². The highest BCUT2D eigenvalue weighted by molar-refractivity contribution is 5.04. The molecule has 1 aromatic heterocycles. The van der Waals surface area contributed by atoms with Crippen molar-refractivity contribution in [1.82, 2.24) is 4.57 Å². The maximum absolute atomic E-state index is 11.6. The molecule has 1 aliphatic carbocycles. The SMILES string of the molecule is Cc1cccc(=O)n1CC(O)C1CCCC1. The first-order valence-corrected chi connectivity index (χ1v) is 6.03. The molecule has 0 aliphatic heterocycles. The Kier molecular flexibility index (Phi) is 3.44. The fourth-order valence-corrected chi connectivity index (χ4v) is 2.54. The molecule has 0 amide bonds. The second kappa shape index (κ2) is 4.83. The lowest BCUT2D eigenvalue weighted by Gasteiger charge is -2.19. The predicted octanol–water partition coefficient (Wildman–Crippen LogP) is 1.71. The van der Waals surface area contributed by atoms with Gasteiger partial charge in [-0.1, -0.05) is 18.9 Å². The Bertz CT molecular complexity index is 405. The molecule has 88 valence electrons. The zero-order chi connectivity index (χ0) is 11.5. The van der Waals surface area contributed by atoms with Crippen molar-refractivity contribution in [3.8, 4) is 0 Å². The molecule has 0 aromatic carbocycles. The van der Waals surface area contributed by atoms with E-state index in [0.717, 1.165) is 18.5 Å². The van der Waals surface area contributed by atoms with Gasteiger partial charge in [-0.25, -0.2) is 0 Å². The summed E-state index contributed by atoms with van der Waals surface area (Å²) in [6, 6.07) is 5.22. The fraction of sp³-hybridized carbons (Fsp3) is 0.615. The molecule has 3 heteroatoms. The summed E-state index contributed by atoms with van der Waals surface area (Å²) >= 11 is 0. The highest BCUT2D eigenvalue weighted by Gasteiger charge is 2.23. The number of aliphatic hydroxyl groups is 1. The largest absolute Gasteiger partial charge is 0.391 e. The van der Waals surface area contributed by atoms with Gasteiger partial charge in [-0.05, 0) is 31.7 Å². The second-order valence-corrected chi connectivity index (χ2v) is 4.73. The molecule has 1 saturated carbocycles. The molecule has 1 N–H and O–H groups in total. The molecular formula is C13H19NO2. The van der Waals surface area contributed by atoms with Crippen LogP contribution in [0, 0.1) is 12.8 Å². The number of hydrogen-bond acceptors (Lipinski definition) is 2. The van der Waals surface area contributed by atoms with E-state index >= 15 is 0 Å². The van der Waals surface area contributed by atoms with Crippen LogP contribution in [-0.2, 0) is 6.54 Å². The number of aliphatic hydroxyl groups excluding tert-OH is 1. The molecule has 0 radical (unpaired) electrons. The quantitative estimate of drug-likeness (QED) is 0.844. The van der Waals surface area contributed by atoms with Crippen LogP contribution in [0.25, 0.3) is 0 Å². The van der Waals surface area contributed by atoms with E-state index in [1.54, 1.807) is 16.7 Å². The molecule has 1 aromatic rings. The van der Waals surface area contributed by atoms with Gasteiger partial charge >= 0.3 is 0 Å². The van der Waals surface area contributed by atoms with Crippen LogP contribution >= 0.6 is 0 Å². The summed E-state index contributed by atoms with van der Waals surface area (Å²) in [4.78, 5) is 11.6. The van der Waals surface area contributed by atoms with Gasteiger partial charge in [0.15, 0.2) is 0 Å². The van der Waals surface area contributed by atoms with Gasteiger partial charge in [0.05, 0.1) is 12.6 Å². The third kappa shape index (κ3) is 2.35. The summed E-state index contributed by atoms with van der Waals surface area (Å²) in [5, 5.41) is 10.1. The van der Waals surface area contributed by atoms with Crippen LogP contribution in [0.1, 0.15) is 31.4 Å². The zero-order valence-electron chi connectivity index (χ0n) is 9.72. The van der Waals surface area contributed by atoms with Crippen molar-refractivity contribution in [2.45, 2.75) is 45.3 Å². The molecule has 0 saturated heterocycles. The second-order valence-electron chi connectivity index (χ2n) is 4.73. The predicted molar refractivity (Wildman–Crippen MR) is 63.4 cm³/mol. The molecule has 0 spiro atoms. The molecule has 2 rings (SSSR count). The summed E-state index contributed by atoms with van der Waals surface area (Å²) < 4.78 is 1.67. The van der Waals surface area contributed by atoms with E-state index in [9.17, 15) is 9.90 Å².